The first-order valence-electron chi connectivity index (χ1n) is 3.44. The predicted molar refractivity (Wildman–Crippen MR) is 57.3 cm³/mol. The second kappa shape index (κ2) is 3.40. The Kier molecular flexibility index (Phi) is 2.41. The zero-order valence-electron chi connectivity index (χ0n) is 6.26. The van der Waals surface area contributed by atoms with Crippen LogP contribution < -0.4 is 0 Å². The van der Waals surface area contributed by atoms with Gasteiger partial charge in [-0.15, -0.1) is 0 Å². The first kappa shape index (κ1) is 9.19. The summed E-state index contributed by atoms with van der Waals surface area (Å²) in [4.78, 5) is 7.92. The lowest BCUT2D eigenvalue weighted by atomic mass is 10.2. The molecule has 1 heterocycles. The van der Waals surface area contributed by atoms with Gasteiger partial charge >= 0.3 is 0 Å². The van der Waals surface area contributed by atoms with Crippen LogP contribution in [0.15, 0.2) is 22.9 Å². The smallest absolute Gasteiger partial charge is 0.140 e. The van der Waals surface area contributed by atoms with E-state index < -0.39 is 0 Å². The van der Waals surface area contributed by atoms with E-state index >= 15 is 0 Å². The number of hydrogen-bond donors (Lipinski definition) is 0. The lowest BCUT2D eigenvalue weighted by Crippen LogP contribution is -1.83. The normalized spacial score (nSPS) is 10.7. The SMILES string of the molecule is Clc1cc2c(Cl)ncnc2cc1Br. The molecule has 0 saturated heterocycles. The summed E-state index contributed by atoms with van der Waals surface area (Å²) in [7, 11) is 0. The Morgan fingerprint density at radius 1 is 1.15 bits per heavy atom. The molecule has 66 valence electrons. The Hall–Kier alpha value is -0.380. The van der Waals surface area contributed by atoms with Crippen LogP contribution in [0.25, 0.3) is 10.9 Å². The maximum atomic E-state index is 5.90. The van der Waals surface area contributed by atoms with Gasteiger partial charge in [-0.05, 0) is 28.1 Å². The molecule has 0 saturated carbocycles. The third kappa shape index (κ3) is 1.64. The second-order valence-corrected chi connectivity index (χ2v) is 4.07. The van der Waals surface area contributed by atoms with Gasteiger partial charge in [0.15, 0.2) is 0 Å². The van der Waals surface area contributed by atoms with E-state index in [9.17, 15) is 0 Å². The molecule has 0 unspecified atom stereocenters. The van der Waals surface area contributed by atoms with E-state index in [0.717, 1.165) is 15.4 Å². The number of hydrogen-bond acceptors (Lipinski definition) is 2. The van der Waals surface area contributed by atoms with Crippen LogP contribution in [0.5, 0.6) is 0 Å². The standard InChI is InChI=1S/C8H3BrCl2N2/c9-5-2-7-4(1-6(5)10)8(11)13-3-12-7/h1-3H. The van der Waals surface area contributed by atoms with Crippen molar-refractivity contribution < 1.29 is 0 Å². The minimum absolute atomic E-state index is 0.416. The molecule has 2 nitrogen and oxygen atoms in total. The summed E-state index contributed by atoms with van der Waals surface area (Å²) in [6, 6.07) is 3.55. The fraction of sp³-hybridized carbons (Fsp3) is 0. The Bertz CT molecular complexity index is 473. The first-order chi connectivity index (χ1) is 6.18. The molecule has 1 aromatic carbocycles. The Morgan fingerprint density at radius 2 is 1.92 bits per heavy atom. The molecule has 0 atom stereocenters. The Labute approximate surface area is 93.0 Å². The van der Waals surface area contributed by atoms with Gasteiger partial charge < -0.3 is 0 Å². The highest BCUT2D eigenvalue weighted by atomic mass is 79.9. The Balaban J connectivity index is 2.89. The summed E-state index contributed by atoms with van der Waals surface area (Å²) in [5.41, 5.74) is 0.774. The van der Waals surface area contributed by atoms with Gasteiger partial charge in [0.25, 0.3) is 0 Å². The highest BCUT2D eigenvalue weighted by molar-refractivity contribution is 9.10. The molecule has 0 spiro atoms. The number of benzene rings is 1. The van der Waals surface area contributed by atoms with Gasteiger partial charge in [-0.1, -0.05) is 23.2 Å². The maximum Gasteiger partial charge on any atom is 0.140 e. The van der Waals surface area contributed by atoms with Gasteiger partial charge in [-0.25, -0.2) is 9.97 Å². The van der Waals surface area contributed by atoms with E-state index in [1.54, 1.807) is 6.07 Å². The summed E-state index contributed by atoms with van der Waals surface area (Å²) in [5, 5.41) is 1.78. The summed E-state index contributed by atoms with van der Waals surface area (Å²) in [6.45, 7) is 0. The molecule has 0 fully saturated rings. The van der Waals surface area contributed by atoms with Crippen LogP contribution in [0.1, 0.15) is 0 Å². The first-order valence-corrected chi connectivity index (χ1v) is 4.98. The average Bonchev–Trinajstić information content (AvgIpc) is 2.09. The van der Waals surface area contributed by atoms with Gasteiger partial charge in [-0.2, -0.15) is 0 Å². The van der Waals surface area contributed by atoms with Crippen LogP contribution >= 0.6 is 39.1 Å². The molecule has 0 radical (unpaired) electrons. The van der Waals surface area contributed by atoms with Gasteiger partial charge in [0.05, 0.1) is 10.5 Å². The van der Waals surface area contributed by atoms with Gasteiger partial charge in [0.2, 0.25) is 0 Å². The second-order valence-electron chi connectivity index (χ2n) is 2.45. The van der Waals surface area contributed by atoms with Crippen LogP contribution in [-0.4, -0.2) is 9.97 Å². The number of halogens is 3. The van der Waals surface area contributed by atoms with Crippen molar-refractivity contribution in [1.29, 1.82) is 0 Å². The van der Waals surface area contributed by atoms with E-state index in [1.165, 1.54) is 6.33 Å². The quantitative estimate of drug-likeness (QED) is 0.686. The van der Waals surface area contributed by atoms with E-state index in [4.69, 9.17) is 23.2 Å². The van der Waals surface area contributed by atoms with Gasteiger partial charge in [0.1, 0.15) is 11.5 Å². The molecular weight excluding hydrogens is 275 g/mol. The van der Waals surface area contributed by atoms with Crippen LogP contribution in [0.4, 0.5) is 0 Å². The molecule has 0 aliphatic heterocycles. The molecule has 0 amide bonds. The zero-order chi connectivity index (χ0) is 9.42. The lowest BCUT2D eigenvalue weighted by molar-refractivity contribution is 1.22. The van der Waals surface area contributed by atoms with Gasteiger partial charge in [-0.3, -0.25) is 0 Å². The van der Waals surface area contributed by atoms with Crippen LogP contribution in [0.2, 0.25) is 10.2 Å². The Morgan fingerprint density at radius 3 is 2.69 bits per heavy atom. The van der Waals surface area contributed by atoms with Crippen molar-refractivity contribution in [3.05, 3.63) is 33.1 Å². The van der Waals surface area contributed by atoms with E-state index in [2.05, 4.69) is 25.9 Å². The van der Waals surface area contributed by atoms with Crippen molar-refractivity contribution in [2.75, 3.05) is 0 Å². The number of rotatable bonds is 0. The fourth-order valence-corrected chi connectivity index (χ4v) is 1.71. The average molecular weight is 278 g/mol. The predicted octanol–water partition coefficient (Wildman–Crippen LogP) is 3.70. The van der Waals surface area contributed by atoms with E-state index in [-0.39, 0.29) is 0 Å². The largest absolute Gasteiger partial charge is 0.236 e. The van der Waals surface area contributed by atoms with Crippen molar-refractivity contribution in [1.82, 2.24) is 9.97 Å². The minimum Gasteiger partial charge on any atom is -0.236 e. The van der Waals surface area contributed by atoms with Crippen molar-refractivity contribution in [3.63, 3.8) is 0 Å². The monoisotopic (exact) mass is 276 g/mol. The number of fused-ring (bicyclic) bond motifs is 1. The highest BCUT2D eigenvalue weighted by Crippen LogP contribution is 2.29. The molecule has 0 aliphatic rings. The molecular formula is C8H3BrCl2N2. The van der Waals surface area contributed by atoms with Gasteiger partial charge in [0, 0.05) is 9.86 Å². The zero-order valence-corrected chi connectivity index (χ0v) is 9.36. The van der Waals surface area contributed by atoms with Crippen molar-refractivity contribution in [3.8, 4) is 0 Å². The molecule has 2 aromatic rings. The summed E-state index contributed by atoms with van der Waals surface area (Å²) in [5.74, 6) is 0. The number of aromatic nitrogens is 2. The lowest BCUT2D eigenvalue weighted by Gasteiger charge is -2.00. The van der Waals surface area contributed by atoms with Crippen LogP contribution in [0.3, 0.4) is 0 Å². The topological polar surface area (TPSA) is 25.8 Å². The third-order valence-electron chi connectivity index (χ3n) is 1.63. The third-order valence-corrected chi connectivity index (χ3v) is 3.13. The minimum atomic E-state index is 0.416. The molecule has 0 N–H and O–H groups in total. The molecule has 2 rings (SSSR count). The summed E-state index contributed by atoms with van der Waals surface area (Å²) >= 11 is 15.1. The summed E-state index contributed by atoms with van der Waals surface area (Å²) in [6.07, 6.45) is 1.42. The van der Waals surface area contributed by atoms with Crippen molar-refractivity contribution >= 4 is 50.0 Å². The van der Waals surface area contributed by atoms with E-state index in [0.29, 0.717) is 10.2 Å². The van der Waals surface area contributed by atoms with Crippen LogP contribution in [0, 0.1) is 0 Å². The number of nitrogens with zero attached hydrogens (tertiary/aromatic N) is 2. The fourth-order valence-electron chi connectivity index (χ4n) is 1.02. The summed E-state index contributed by atoms with van der Waals surface area (Å²) < 4.78 is 0.802. The molecule has 5 heteroatoms. The van der Waals surface area contributed by atoms with E-state index in [1.807, 2.05) is 6.07 Å². The van der Waals surface area contributed by atoms with Crippen molar-refractivity contribution in [2.45, 2.75) is 0 Å². The molecule has 1 aromatic heterocycles. The van der Waals surface area contributed by atoms with Crippen LogP contribution in [-0.2, 0) is 0 Å². The maximum absolute atomic E-state index is 5.90. The molecule has 0 bridgehead atoms. The molecule has 13 heavy (non-hydrogen) atoms. The van der Waals surface area contributed by atoms with Crippen molar-refractivity contribution in [2.24, 2.45) is 0 Å². The highest BCUT2D eigenvalue weighted by Gasteiger charge is 2.04. The molecule has 0 aliphatic carbocycles.